The van der Waals surface area contributed by atoms with Crippen LogP contribution in [0.2, 0.25) is 0 Å². The third-order valence-electron chi connectivity index (χ3n) is 4.82. The van der Waals surface area contributed by atoms with E-state index in [2.05, 4.69) is 12.2 Å². The summed E-state index contributed by atoms with van der Waals surface area (Å²) in [6.07, 6.45) is 6.92. The number of nitrogens with one attached hydrogen (secondary N) is 1. The molecule has 0 spiro atoms. The van der Waals surface area contributed by atoms with Crippen molar-refractivity contribution in [2.45, 2.75) is 57.9 Å². The second-order valence-corrected chi connectivity index (χ2v) is 6.37. The van der Waals surface area contributed by atoms with Crippen molar-refractivity contribution in [2.75, 3.05) is 13.1 Å². The number of hydrogen-bond acceptors (Lipinski definition) is 3. The maximum atomic E-state index is 12.2. The highest BCUT2D eigenvalue weighted by Crippen LogP contribution is 2.24. The Morgan fingerprint density at radius 2 is 2.15 bits per heavy atom. The van der Waals surface area contributed by atoms with Crippen molar-refractivity contribution in [2.24, 2.45) is 5.92 Å². The van der Waals surface area contributed by atoms with Gasteiger partial charge in [-0.1, -0.05) is 6.92 Å². The van der Waals surface area contributed by atoms with Crippen molar-refractivity contribution in [3.05, 3.63) is 27.9 Å². The van der Waals surface area contributed by atoms with Gasteiger partial charge < -0.3 is 5.32 Å². The summed E-state index contributed by atoms with van der Waals surface area (Å²) in [5.74, 6) is 2.24. The number of aryl methyl sites for hydroxylation is 1. The Morgan fingerprint density at radius 3 is 2.95 bits per heavy atom. The highest BCUT2D eigenvalue weighted by Gasteiger charge is 2.20. The van der Waals surface area contributed by atoms with Crippen LogP contribution in [0.5, 0.6) is 0 Å². The van der Waals surface area contributed by atoms with Gasteiger partial charge in [-0.15, -0.1) is 0 Å². The second kappa shape index (κ2) is 6.08. The summed E-state index contributed by atoms with van der Waals surface area (Å²) in [6, 6.07) is 1.77. The maximum absolute atomic E-state index is 12.2. The van der Waals surface area contributed by atoms with E-state index in [1.165, 1.54) is 19.3 Å². The predicted molar refractivity (Wildman–Crippen MR) is 80.1 cm³/mol. The van der Waals surface area contributed by atoms with Crippen LogP contribution in [0.25, 0.3) is 0 Å². The largest absolute Gasteiger partial charge is 0.317 e. The van der Waals surface area contributed by atoms with Crippen LogP contribution in [0.4, 0.5) is 0 Å². The molecule has 3 heterocycles. The van der Waals surface area contributed by atoms with Gasteiger partial charge in [0.25, 0.3) is 5.56 Å². The Labute approximate surface area is 120 Å². The van der Waals surface area contributed by atoms with Gasteiger partial charge in [-0.05, 0) is 57.5 Å². The number of aromatic nitrogens is 2. The fraction of sp³-hybridized carbons (Fsp3) is 0.750. The molecule has 110 valence electrons. The second-order valence-electron chi connectivity index (χ2n) is 6.37. The van der Waals surface area contributed by atoms with Crippen molar-refractivity contribution >= 4 is 0 Å². The quantitative estimate of drug-likeness (QED) is 0.918. The standard InChI is InChI=1S/C16H25N3O/c1-12-3-2-10-19-15(20)11-14(18-16(12)19)5-4-13-6-8-17-9-7-13/h11-13,17H,2-10H2,1H3. The average molecular weight is 275 g/mol. The first-order valence-corrected chi connectivity index (χ1v) is 8.05. The Hall–Kier alpha value is -1.16. The lowest BCUT2D eigenvalue weighted by molar-refractivity contribution is 0.352. The molecular formula is C16H25N3O. The molecule has 4 nitrogen and oxygen atoms in total. The van der Waals surface area contributed by atoms with E-state index in [1.807, 2.05) is 4.57 Å². The third kappa shape index (κ3) is 2.95. The Morgan fingerprint density at radius 1 is 1.35 bits per heavy atom. The zero-order chi connectivity index (χ0) is 13.9. The molecular weight excluding hydrogens is 250 g/mol. The average Bonchev–Trinajstić information content (AvgIpc) is 2.47. The highest BCUT2D eigenvalue weighted by atomic mass is 16.1. The topological polar surface area (TPSA) is 46.9 Å². The van der Waals surface area contributed by atoms with Crippen LogP contribution in [0.3, 0.4) is 0 Å². The third-order valence-corrected chi connectivity index (χ3v) is 4.82. The molecule has 1 fully saturated rings. The van der Waals surface area contributed by atoms with Crippen molar-refractivity contribution in [3.8, 4) is 0 Å². The van der Waals surface area contributed by atoms with E-state index >= 15 is 0 Å². The molecule has 20 heavy (non-hydrogen) atoms. The molecule has 3 rings (SSSR count). The van der Waals surface area contributed by atoms with E-state index in [1.54, 1.807) is 6.07 Å². The van der Waals surface area contributed by atoms with Gasteiger partial charge in [-0.2, -0.15) is 0 Å². The first kappa shape index (κ1) is 13.8. The van der Waals surface area contributed by atoms with Gasteiger partial charge in [-0.25, -0.2) is 4.98 Å². The van der Waals surface area contributed by atoms with Crippen molar-refractivity contribution in [1.82, 2.24) is 14.9 Å². The van der Waals surface area contributed by atoms with E-state index < -0.39 is 0 Å². The SMILES string of the molecule is CC1CCCn2c1nc(CCC1CCNCC1)cc2=O. The van der Waals surface area contributed by atoms with Crippen LogP contribution in [0.15, 0.2) is 10.9 Å². The van der Waals surface area contributed by atoms with Crippen LogP contribution >= 0.6 is 0 Å². The summed E-state index contributed by atoms with van der Waals surface area (Å²) in [5, 5.41) is 3.40. The van der Waals surface area contributed by atoms with Crippen LogP contribution in [-0.2, 0) is 13.0 Å². The molecule has 2 aliphatic heterocycles. The molecule has 0 amide bonds. The van der Waals surface area contributed by atoms with Crippen LogP contribution in [0.1, 0.15) is 56.5 Å². The van der Waals surface area contributed by atoms with Crippen molar-refractivity contribution in [1.29, 1.82) is 0 Å². The van der Waals surface area contributed by atoms with Gasteiger partial charge in [-0.3, -0.25) is 9.36 Å². The van der Waals surface area contributed by atoms with Gasteiger partial charge in [0.1, 0.15) is 5.82 Å². The van der Waals surface area contributed by atoms with Crippen LogP contribution in [-0.4, -0.2) is 22.6 Å². The van der Waals surface area contributed by atoms with E-state index in [9.17, 15) is 4.79 Å². The molecule has 0 saturated carbocycles. The Bertz CT molecular complexity index is 517. The first-order chi connectivity index (χ1) is 9.74. The minimum Gasteiger partial charge on any atom is -0.317 e. The van der Waals surface area contributed by atoms with Gasteiger partial charge in [0.15, 0.2) is 0 Å². The monoisotopic (exact) mass is 275 g/mol. The van der Waals surface area contributed by atoms with E-state index in [4.69, 9.17) is 4.98 Å². The number of hydrogen-bond donors (Lipinski definition) is 1. The molecule has 2 aliphatic rings. The summed E-state index contributed by atoms with van der Waals surface area (Å²) < 4.78 is 1.88. The molecule has 0 bridgehead atoms. The van der Waals surface area contributed by atoms with Gasteiger partial charge in [0.05, 0.1) is 0 Å². The minimum atomic E-state index is 0.155. The molecule has 1 aromatic rings. The molecule has 1 unspecified atom stereocenters. The van der Waals surface area contributed by atoms with E-state index in [0.717, 1.165) is 56.3 Å². The van der Waals surface area contributed by atoms with Crippen molar-refractivity contribution < 1.29 is 0 Å². The number of nitrogens with zero attached hydrogens (tertiary/aromatic N) is 2. The number of piperidine rings is 1. The number of fused-ring (bicyclic) bond motifs is 1. The summed E-state index contributed by atoms with van der Waals surface area (Å²) in [4.78, 5) is 17.0. The van der Waals surface area contributed by atoms with Gasteiger partial charge in [0, 0.05) is 24.2 Å². The molecule has 1 N–H and O–H groups in total. The zero-order valence-electron chi connectivity index (χ0n) is 12.4. The fourth-order valence-electron chi connectivity index (χ4n) is 3.51. The molecule has 1 atom stereocenters. The van der Waals surface area contributed by atoms with Crippen LogP contribution < -0.4 is 10.9 Å². The lowest BCUT2D eigenvalue weighted by atomic mass is 9.92. The lowest BCUT2D eigenvalue weighted by Gasteiger charge is -2.24. The summed E-state index contributed by atoms with van der Waals surface area (Å²) in [5.41, 5.74) is 1.16. The minimum absolute atomic E-state index is 0.155. The summed E-state index contributed by atoms with van der Waals surface area (Å²) >= 11 is 0. The lowest BCUT2D eigenvalue weighted by Crippen LogP contribution is -2.30. The first-order valence-electron chi connectivity index (χ1n) is 8.05. The molecule has 1 saturated heterocycles. The predicted octanol–water partition coefficient (Wildman–Crippen LogP) is 2.07. The number of rotatable bonds is 3. The molecule has 0 radical (unpaired) electrons. The summed E-state index contributed by atoms with van der Waals surface area (Å²) in [6.45, 7) is 5.32. The molecule has 4 heteroatoms. The van der Waals surface area contributed by atoms with Gasteiger partial charge in [0.2, 0.25) is 0 Å². The van der Waals surface area contributed by atoms with E-state index in [0.29, 0.717) is 5.92 Å². The van der Waals surface area contributed by atoms with Crippen LogP contribution in [0, 0.1) is 5.92 Å². The smallest absolute Gasteiger partial charge is 0.253 e. The molecule has 0 aromatic carbocycles. The van der Waals surface area contributed by atoms with Crippen molar-refractivity contribution in [3.63, 3.8) is 0 Å². The Kier molecular flexibility index (Phi) is 4.20. The fourth-order valence-corrected chi connectivity index (χ4v) is 3.51. The Balaban J connectivity index is 1.72. The molecule has 1 aromatic heterocycles. The normalized spacial score (nSPS) is 23.6. The highest BCUT2D eigenvalue weighted by molar-refractivity contribution is 5.09. The van der Waals surface area contributed by atoms with E-state index in [-0.39, 0.29) is 5.56 Å². The molecule has 0 aliphatic carbocycles. The van der Waals surface area contributed by atoms with Gasteiger partial charge >= 0.3 is 0 Å². The zero-order valence-corrected chi connectivity index (χ0v) is 12.4. The summed E-state index contributed by atoms with van der Waals surface area (Å²) in [7, 11) is 0. The maximum Gasteiger partial charge on any atom is 0.253 e.